The topological polar surface area (TPSA) is 56.7 Å². The first-order valence-corrected chi connectivity index (χ1v) is 19.6. The Kier molecular flexibility index (Phi) is 7.95. The van der Waals surface area contributed by atoms with Crippen LogP contribution in [0.5, 0.6) is 0 Å². The van der Waals surface area contributed by atoms with Gasteiger partial charge >= 0.3 is 0 Å². The van der Waals surface area contributed by atoms with E-state index in [1.807, 2.05) is 72.8 Å². The summed E-state index contributed by atoms with van der Waals surface area (Å²) in [6.07, 6.45) is 7.87. The molecular formula is C52H36N4O. The zero-order valence-corrected chi connectivity index (χ0v) is 31.1. The van der Waals surface area contributed by atoms with Crippen molar-refractivity contribution in [3.05, 3.63) is 187 Å². The standard InChI is InChI=1S/C52H36N4O/c1-4-14-35(15-5-1)50-53-51(36-16-6-2-7-17-36)55-52(54-50)39-19-12-18-37(32-39)38-28-31-46-44(33-38)42-20-8-3-9-23-45(42)56(46)40-29-26-34(27-30-40)41-22-13-25-48-49(41)43-21-10-11-24-47(43)57-48/h1-2,4-7,9-19,21-33H,3,8,20H2. The summed E-state index contributed by atoms with van der Waals surface area (Å²) >= 11 is 0. The predicted molar refractivity (Wildman–Crippen MR) is 233 cm³/mol. The molecular weight excluding hydrogens is 697 g/mol. The molecule has 0 aliphatic heterocycles. The number of rotatable bonds is 6. The van der Waals surface area contributed by atoms with Crippen molar-refractivity contribution in [3.8, 4) is 62.1 Å². The van der Waals surface area contributed by atoms with E-state index in [0.29, 0.717) is 17.5 Å². The van der Waals surface area contributed by atoms with E-state index in [-0.39, 0.29) is 0 Å². The van der Waals surface area contributed by atoms with Crippen LogP contribution in [0.4, 0.5) is 0 Å². The molecule has 0 unspecified atom stereocenters. The maximum atomic E-state index is 6.21. The van der Waals surface area contributed by atoms with Gasteiger partial charge in [0.15, 0.2) is 17.5 Å². The van der Waals surface area contributed by atoms with Gasteiger partial charge in [0.2, 0.25) is 0 Å². The Morgan fingerprint density at radius 2 is 1.09 bits per heavy atom. The Bertz CT molecular complexity index is 3080. The first-order valence-electron chi connectivity index (χ1n) is 19.6. The molecule has 0 bridgehead atoms. The van der Waals surface area contributed by atoms with E-state index in [1.54, 1.807) is 0 Å². The number of hydrogen-bond donors (Lipinski definition) is 0. The molecule has 0 saturated carbocycles. The molecule has 1 aliphatic rings. The normalized spacial score (nSPS) is 12.6. The summed E-state index contributed by atoms with van der Waals surface area (Å²) in [4.78, 5) is 14.9. The summed E-state index contributed by atoms with van der Waals surface area (Å²) in [5.41, 5.74) is 14.3. The van der Waals surface area contributed by atoms with E-state index < -0.39 is 0 Å². The number of fused-ring (bicyclic) bond motifs is 6. The fourth-order valence-corrected chi connectivity index (χ4v) is 8.44. The second kappa shape index (κ2) is 13.7. The Morgan fingerprint density at radius 3 is 1.86 bits per heavy atom. The molecule has 0 radical (unpaired) electrons. The highest BCUT2D eigenvalue weighted by atomic mass is 16.3. The van der Waals surface area contributed by atoms with Crippen LogP contribution in [-0.4, -0.2) is 19.5 Å². The number of aromatic nitrogens is 4. The van der Waals surface area contributed by atoms with Crippen LogP contribution in [0.2, 0.25) is 0 Å². The lowest BCUT2D eigenvalue weighted by molar-refractivity contribution is 0.669. The Labute approximate surface area is 330 Å². The van der Waals surface area contributed by atoms with Crippen LogP contribution in [-0.2, 0) is 6.42 Å². The second-order valence-corrected chi connectivity index (χ2v) is 14.7. The van der Waals surface area contributed by atoms with Crippen molar-refractivity contribution in [1.29, 1.82) is 0 Å². The van der Waals surface area contributed by atoms with Crippen molar-refractivity contribution in [2.24, 2.45) is 0 Å². The molecule has 0 spiro atoms. The van der Waals surface area contributed by atoms with E-state index in [9.17, 15) is 0 Å². The van der Waals surface area contributed by atoms with Gasteiger partial charge in [-0.1, -0.05) is 133 Å². The fraction of sp³-hybridized carbons (Fsp3) is 0.0577. The number of aryl methyl sites for hydroxylation is 1. The summed E-state index contributed by atoms with van der Waals surface area (Å²) in [7, 11) is 0. The molecule has 0 N–H and O–H groups in total. The van der Waals surface area contributed by atoms with E-state index >= 15 is 0 Å². The molecule has 3 heterocycles. The van der Waals surface area contributed by atoms with Gasteiger partial charge in [-0.2, -0.15) is 0 Å². The largest absolute Gasteiger partial charge is 0.456 e. The minimum absolute atomic E-state index is 0.649. The van der Waals surface area contributed by atoms with Crippen LogP contribution in [0.3, 0.4) is 0 Å². The van der Waals surface area contributed by atoms with Crippen molar-refractivity contribution < 1.29 is 4.42 Å². The van der Waals surface area contributed by atoms with E-state index in [0.717, 1.165) is 74.7 Å². The van der Waals surface area contributed by atoms with Gasteiger partial charge < -0.3 is 8.98 Å². The second-order valence-electron chi connectivity index (χ2n) is 14.7. The first-order chi connectivity index (χ1) is 28.2. The lowest BCUT2D eigenvalue weighted by atomic mass is 9.99. The maximum Gasteiger partial charge on any atom is 0.164 e. The SMILES string of the molecule is C1=Cc2c(c3cc(-c4cccc(-c5nc(-c6ccccc6)nc(-c6ccccc6)n5)c4)ccc3n2-c2ccc(-c3cccc4oc5ccccc5c34)cc2)CCC1. The summed E-state index contributed by atoms with van der Waals surface area (Å²) < 4.78 is 8.65. The van der Waals surface area contributed by atoms with Gasteiger partial charge in [0.05, 0.1) is 5.52 Å². The predicted octanol–water partition coefficient (Wildman–Crippen LogP) is 13.4. The van der Waals surface area contributed by atoms with Crippen LogP contribution in [0.25, 0.3) is 101 Å². The first kappa shape index (κ1) is 33.0. The summed E-state index contributed by atoms with van der Waals surface area (Å²) in [6, 6.07) is 59.4. The van der Waals surface area contributed by atoms with Gasteiger partial charge in [0.25, 0.3) is 0 Å². The van der Waals surface area contributed by atoms with Gasteiger partial charge in [0, 0.05) is 44.2 Å². The minimum atomic E-state index is 0.649. The fourth-order valence-electron chi connectivity index (χ4n) is 8.44. The van der Waals surface area contributed by atoms with Crippen molar-refractivity contribution in [2.45, 2.75) is 19.3 Å². The Hall–Kier alpha value is -7.37. The van der Waals surface area contributed by atoms with E-state index in [4.69, 9.17) is 19.4 Å². The summed E-state index contributed by atoms with van der Waals surface area (Å²) in [5.74, 6) is 1.96. The molecule has 11 rings (SSSR count). The molecule has 3 aromatic heterocycles. The average molecular weight is 733 g/mol. The van der Waals surface area contributed by atoms with Crippen LogP contribution in [0.15, 0.2) is 180 Å². The lowest BCUT2D eigenvalue weighted by Crippen LogP contribution is -2.00. The van der Waals surface area contributed by atoms with Crippen LogP contribution in [0, 0.1) is 0 Å². The number of furan rings is 1. The highest BCUT2D eigenvalue weighted by Gasteiger charge is 2.20. The van der Waals surface area contributed by atoms with Crippen molar-refractivity contribution in [3.63, 3.8) is 0 Å². The van der Waals surface area contributed by atoms with Crippen LogP contribution >= 0.6 is 0 Å². The molecule has 0 atom stereocenters. The highest BCUT2D eigenvalue weighted by Crippen LogP contribution is 2.39. The van der Waals surface area contributed by atoms with Gasteiger partial charge in [-0.3, -0.25) is 0 Å². The summed E-state index contributed by atoms with van der Waals surface area (Å²) in [5, 5.41) is 3.59. The Morgan fingerprint density at radius 1 is 0.474 bits per heavy atom. The molecule has 5 heteroatoms. The third kappa shape index (κ3) is 5.83. The third-order valence-electron chi connectivity index (χ3n) is 11.2. The molecule has 5 nitrogen and oxygen atoms in total. The number of benzene rings is 7. The van der Waals surface area contributed by atoms with Crippen molar-refractivity contribution >= 4 is 38.9 Å². The average Bonchev–Trinajstić information content (AvgIpc) is 3.71. The van der Waals surface area contributed by atoms with E-state index in [2.05, 4.69) is 114 Å². The number of para-hydroxylation sites is 1. The lowest BCUT2D eigenvalue weighted by Gasteiger charge is -2.12. The molecule has 0 fully saturated rings. The molecule has 57 heavy (non-hydrogen) atoms. The number of nitrogens with zero attached hydrogens (tertiary/aromatic N) is 4. The van der Waals surface area contributed by atoms with Gasteiger partial charge in [-0.05, 0) is 95.6 Å². The quantitative estimate of drug-likeness (QED) is 0.171. The smallest absolute Gasteiger partial charge is 0.164 e. The van der Waals surface area contributed by atoms with Crippen molar-refractivity contribution in [1.82, 2.24) is 19.5 Å². The molecule has 0 amide bonds. The van der Waals surface area contributed by atoms with E-state index in [1.165, 1.54) is 33.3 Å². The molecule has 10 aromatic rings. The van der Waals surface area contributed by atoms with Gasteiger partial charge in [-0.15, -0.1) is 0 Å². The maximum absolute atomic E-state index is 6.21. The Balaban J connectivity index is 0.997. The minimum Gasteiger partial charge on any atom is -0.456 e. The molecule has 7 aromatic carbocycles. The zero-order valence-electron chi connectivity index (χ0n) is 31.1. The monoisotopic (exact) mass is 732 g/mol. The van der Waals surface area contributed by atoms with Gasteiger partial charge in [-0.25, -0.2) is 15.0 Å². The number of hydrogen-bond acceptors (Lipinski definition) is 4. The van der Waals surface area contributed by atoms with Crippen LogP contribution in [0.1, 0.15) is 24.1 Å². The zero-order chi connectivity index (χ0) is 37.7. The van der Waals surface area contributed by atoms with Crippen molar-refractivity contribution in [2.75, 3.05) is 0 Å². The molecule has 270 valence electrons. The molecule has 0 saturated heterocycles. The number of allylic oxidation sites excluding steroid dienone is 1. The molecule has 1 aliphatic carbocycles. The van der Waals surface area contributed by atoms with Gasteiger partial charge in [0.1, 0.15) is 11.2 Å². The van der Waals surface area contributed by atoms with Crippen LogP contribution < -0.4 is 0 Å². The third-order valence-corrected chi connectivity index (χ3v) is 11.2. The highest BCUT2D eigenvalue weighted by molar-refractivity contribution is 6.12. The summed E-state index contributed by atoms with van der Waals surface area (Å²) in [6.45, 7) is 0.